The number of hydrogen-bond acceptors (Lipinski definition) is 7. The number of carbonyl (C=O) groups is 3. The molecule has 0 N–H and O–H groups in total. The van der Waals surface area contributed by atoms with Gasteiger partial charge in [-0.3, -0.25) is 9.59 Å². The van der Waals surface area contributed by atoms with Crippen molar-refractivity contribution in [2.24, 2.45) is 5.41 Å². The Balaban J connectivity index is 1.71. The molecule has 38 heavy (non-hydrogen) atoms. The number of benzene rings is 3. The van der Waals surface area contributed by atoms with E-state index in [0.29, 0.717) is 28.2 Å². The fourth-order valence-corrected chi connectivity index (χ4v) is 6.54. The van der Waals surface area contributed by atoms with E-state index in [1.165, 1.54) is 7.11 Å². The van der Waals surface area contributed by atoms with Gasteiger partial charge in [-0.1, -0.05) is 54.6 Å². The number of esters is 1. The first-order valence-corrected chi connectivity index (χ1v) is 12.6. The van der Waals surface area contributed by atoms with E-state index >= 15 is 0 Å². The van der Waals surface area contributed by atoms with E-state index in [-0.39, 0.29) is 18.2 Å². The molecule has 1 saturated heterocycles. The smallest absolute Gasteiger partial charge is 0.329 e. The van der Waals surface area contributed by atoms with E-state index in [1.54, 1.807) is 56.5 Å². The molecule has 192 valence electrons. The Labute approximate surface area is 220 Å². The fraction of sp³-hybridized carbons (Fsp3) is 0.258. The molecule has 7 nitrogen and oxygen atoms in total. The van der Waals surface area contributed by atoms with E-state index in [9.17, 15) is 14.4 Å². The Bertz CT molecular complexity index is 1470. The van der Waals surface area contributed by atoms with Gasteiger partial charge in [-0.25, -0.2) is 4.79 Å². The highest BCUT2D eigenvalue weighted by Crippen LogP contribution is 2.61. The predicted octanol–water partition coefficient (Wildman–Crippen LogP) is 4.70. The van der Waals surface area contributed by atoms with Gasteiger partial charge in [0, 0.05) is 28.3 Å². The molecule has 3 atom stereocenters. The third-order valence-corrected chi connectivity index (χ3v) is 8.01. The van der Waals surface area contributed by atoms with Crippen LogP contribution in [0.15, 0.2) is 72.8 Å². The number of fused-ring (bicyclic) bond motifs is 5. The van der Waals surface area contributed by atoms with Crippen molar-refractivity contribution in [3.05, 3.63) is 95.1 Å². The molecule has 6 rings (SSSR count). The summed E-state index contributed by atoms with van der Waals surface area (Å²) in [5, 5.41) is 0. The molecule has 0 saturated carbocycles. The van der Waals surface area contributed by atoms with Crippen LogP contribution >= 0.6 is 0 Å². The molecular weight excluding hydrogens is 482 g/mol. The van der Waals surface area contributed by atoms with Gasteiger partial charge in [0.2, 0.25) is 0 Å². The van der Waals surface area contributed by atoms with Gasteiger partial charge in [0.05, 0.1) is 26.9 Å². The Morgan fingerprint density at radius 2 is 1.61 bits per heavy atom. The Morgan fingerprint density at radius 3 is 2.26 bits per heavy atom. The maximum Gasteiger partial charge on any atom is 0.329 e. The first-order chi connectivity index (χ1) is 18.5. The summed E-state index contributed by atoms with van der Waals surface area (Å²) < 4.78 is 16.9. The second-order valence-electron chi connectivity index (χ2n) is 9.63. The second kappa shape index (κ2) is 8.87. The van der Waals surface area contributed by atoms with Crippen LogP contribution < -0.4 is 14.4 Å². The minimum Gasteiger partial charge on any atom is -0.497 e. The number of methoxy groups -OCH3 is 2. The van der Waals surface area contributed by atoms with Crippen LogP contribution in [0, 0.1) is 5.41 Å². The van der Waals surface area contributed by atoms with E-state index in [4.69, 9.17) is 14.2 Å². The normalized spacial score (nSPS) is 22.2. The number of rotatable bonds is 5. The molecule has 7 heteroatoms. The number of carbonyl (C=O) groups excluding carboxylic acids is 3. The van der Waals surface area contributed by atoms with Crippen LogP contribution in [0.25, 0.3) is 6.08 Å². The lowest BCUT2D eigenvalue weighted by molar-refractivity contribution is -0.145. The number of nitrogens with zero attached hydrogens (tertiary/aromatic N) is 1. The summed E-state index contributed by atoms with van der Waals surface area (Å²) in [6.45, 7) is 1.90. The zero-order chi connectivity index (χ0) is 26.6. The summed E-state index contributed by atoms with van der Waals surface area (Å²) in [6, 6.07) is 18.1. The molecule has 0 aromatic heterocycles. The van der Waals surface area contributed by atoms with Crippen LogP contribution in [-0.2, 0) is 9.53 Å². The van der Waals surface area contributed by atoms with Crippen molar-refractivity contribution in [1.29, 1.82) is 0 Å². The average Bonchev–Trinajstić information content (AvgIpc) is 3.39. The van der Waals surface area contributed by atoms with Crippen molar-refractivity contribution in [3.8, 4) is 11.5 Å². The molecule has 3 aromatic carbocycles. The summed E-state index contributed by atoms with van der Waals surface area (Å²) in [5.41, 5.74) is 1.30. The summed E-state index contributed by atoms with van der Waals surface area (Å²) >= 11 is 0. The number of anilines is 1. The van der Waals surface area contributed by atoms with Gasteiger partial charge >= 0.3 is 5.97 Å². The first-order valence-electron chi connectivity index (χ1n) is 12.6. The molecule has 3 aromatic rings. The van der Waals surface area contributed by atoms with Gasteiger partial charge in [-0.15, -0.1) is 0 Å². The summed E-state index contributed by atoms with van der Waals surface area (Å²) in [5.74, 6) is -1.06. The summed E-state index contributed by atoms with van der Waals surface area (Å²) in [6.07, 6.45) is 3.80. The van der Waals surface area contributed by atoms with Gasteiger partial charge in [-0.2, -0.15) is 0 Å². The molecule has 2 heterocycles. The third kappa shape index (κ3) is 3.05. The molecule has 1 spiro atoms. The highest BCUT2D eigenvalue weighted by atomic mass is 16.5. The fourth-order valence-electron chi connectivity index (χ4n) is 6.54. The number of hydrogen-bond donors (Lipinski definition) is 0. The summed E-state index contributed by atoms with van der Waals surface area (Å²) in [7, 11) is 3.07. The zero-order valence-electron chi connectivity index (χ0n) is 21.3. The number of ketones is 2. The molecule has 0 bridgehead atoms. The van der Waals surface area contributed by atoms with Crippen molar-refractivity contribution in [2.75, 3.05) is 25.7 Å². The maximum atomic E-state index is 14.6. The van der Waals surface area contributed by atoms with Gasteiger partial charge < -0.3 is 19.1 Å². The Kier molecular flexibility index (Phi) is 5.60. The minimum atomic E-state index is -1.62. The molecule has 2 aliphatic heterocycles. The highest BCUT2D eigenvalue weighted by Gasteiger charge is 2.72. The first kappa shape index (κ1) is 24.0. The number of para-hydroxylation sites is 1. The van der Waals surface area contributed by atoms with Crippen molar-refractivity contribution in [2.45, 2.75) is 24.9 Å². The van der Waals surface area contributed by atoms with Gasteiger partial charge in [0.25, 0.3) is 0 Å². The molecule has 0 amide bonds. The van der Waals surface area contributed by atoms with Gasteiger partial charge in [0.1, 0.15) is 23.0 Å². The molecule has 0 radical (unpaired) electrons. The van der Waals surface area contributed by atoms with Gasteiger partial charge in [-0.05, 0) is 36.8 Å². The van der Waals surface area contributed by atoms with Crippen LogP contribution in [0.5, 0.6) is 11.5 Å². The van der Waals surface area contributed by atoms with Crippen LogP contribution in [0.2, 0.25) is 0 Å². The molecular formula is C31H27NO6. The van der Waals surface area contributed by atoms with Crippen LogP contribution in [-0.4, -0.2) is 50.4 Å². The SMILES string of the molecule is CCOC(=O)[C@@H]1[C@@H](c2cc(OC)ccc2OC)C2(C(=O)c3ccccc3C2=O)[C@H]2C=Cc3ccccc3N12. The van der Waals surface area contributed by atoms with Crippen molar-refractivity contribution >= 4 is 29.3 Å². The van der Waals surface area contributed by atoms with E-state index in [2.05, 4.69) is 0 Å². The standard InChI is InChI=1S/C31H27NO6/c1-4-38-30(35)27-26(22-17-19(36-2)14-15-24(22)37-3)31(28(33)20-10-6-7-11-21(20)29(31)34)25-16-13-18-9-5-8-12-23(18)32(25)27/h5-17,25-27H,4H2,1-3H3/t25-,26-,27+/m1/s1. The molecule has 1 aliphatic carbocycles. The van der Waals surface area contributed by atoms with Crippen molar-refractivity contribution < 1.29 is 28.6 Å². The van der Waals surface area contributed by atoms with Crippen molar-refractivity contribution in [1.82, 2.24) is 0 Å². The minimum absolute atomic E-state index is 0.155. The third-order valence-electron chi connectivity index (χ3n) is 8.01. The van der Waals surface area contributed by atoms with Gasteiger partial charge in [0.15, 0.2) is 11.6 Å². The molecule has 0 unspecified atom stereocenters. The van der Waals surface area contributed by atoms with E-state index < -0.39 is 29.4 Å². The maximum absolute atomic E-state index is 14.6. The monoisotopic (exact) mass is 509 g/mol. The average molecular weight is 510 g/mol. The van der Waals surface area contributed by atoms with E-state index in [0.717, 1.165) is 11.3 Å². The Hall–Kier alpha value is -4.39. The highest BCUT2D eigenvalue weighted by molar-refractivity contribution is 6.32. The van der Waals surface area contributed by atoms with E-state index in [1.807, 2.05) is 41.3 Å². The topological polar surface area (TPSA) is 82.1 Å². The summed E-state index contributed by atoms with van der Waals surface area (Å²) in [4.78, 5) is 44.9. The predicted molar refractivity (Wildman–Crippen MR) is 142 cm³/mol. The second-order valence-corrected chi connectivity index (χ2v) is 9.63. The lowest BCUT2D eigenvalue weighted by atomic mass is 9.64. The molecule has 3 aliphatic rings. The quantitative estimate of drug-likeness (QED) is 0.364. The number of ether oxygens (including phenoxy) is 3. The van der Waals surface area contributed by atoms with Crippen LogP contribution in [0.4, 0.5) is 5.69 Å². The zero-order valence-corrected chi connectivity index (χ0v) is 21.3. The Morgan fingerprint density at radius 1 is 0.921 bits per heavy atom. The van der Waals surface area contributed by atoms with Crippen LogP contribution in [0.1, 0.15) is 44.7 Å². The lowest BCUT2D eigenvalue weighted by Gasteiger charge is -2.36. The molecule has 1 fully saturated rings. The van der Waals surface area contributed by atoms with Crippen molar-refractivity contribution in [3.63, 3.8) is 0 Å². The largest absolute Gasteiger partial charge is 0.497 e. The number of Topliss-reactive ketones (excluding diaryl/α,β-unsaturated/α-hetero) is 2. The van der Waals surface area contributed by atoms with Crippen LogP contribution in [0.3, 0.4) is 0 Å². The lowest BCUT2D eigenvalue weighted by Crippen LogP contribution is -2.48.